The zero-order chi connectivity index (χ0) is 16.5. The molecule has 0 aromatic heterocycles. The molecule has 0 saturated heterocycles. The summed E-state index contributed by atoms with van der Waals surface area (Å²) in [4.78, 5) is 40.3. The first-order chi connectivity index (χ1) is 9.49. The van der Waals surface area contributed by atoms with Crippen molar-refractivity contribution in [1.29, 1.82) is 0 Å². The lowest BCUT2D eigenvalue weighted by Gasteiger charge is -2.08. The molecule has 2 N–H and O–H groups in total. The van der Waals surface area contributed by atoms with Crippen molar-refractivity contribution >= 4 is 26.7 Å². The van der Waals surface area contributed by atoms with E-state index in [9.17, 15) is 18.7 Å². The summed E-state index contributed by atoms with van der Waals surface area (Å²) in [6.07, 6.45) is 0.782. The molecule has 0 amide bonds. The number of hydrogen-bond donors (Lipinski definition) is 2. The molecule has 0 aliphatic rings. The standard InChI is InChI=1S/C11H22O8P2/c1-20(14,15)8-18-10(12)6-4-3-5-7-11(13)19-9-21(2,16)17/h3-9H2,1-2H3,(H,14,15)(H,16,17). The van der Waals surface area contributed by atoms with Gasteiger partial charge in [-0.15, -0.1) is 0 Å². The Bertz CT molecular complexity index is 396. The topological polar surface area (TPSA) is 127 Å². The number of carbonyl (C=O) groups excluding carboxylic acids is 2. The lowest BCUT2D eigenvalue weighted by atomic mass is 10.1. The average Bonchev–Trinajstić information content (AvgIpc) is 2.32. The van der Waals surface area contributed by atoms with Crippen LogP contribution in [0, 0.1) is 0 Å². The van der Waals surface area contributed by atoms with Crippen LogP contribution in [0.5, 0.6) is 0 Å². The van der Waals surface area contributed by atoms with Gasteiger partial charge in [0.1, 0.15) is 0 Å². The minimum Gasteiger partial charge on any atom is -0.455 e. The molecule has 0 radical (unpaired) electrons. The number of ether oxygens (including phenoxy) is 2. The Balaban J connectivity index is 3.59. The number of rotatable bonds is 10. The molecule has 124 valence electrons. The molecule has 10 heteroatoms. The highest BCUT2D eigenvalue weighted by atomic mass is 31.2. The number of hydrogen-bond acceptors (Lipinski definition) is 6. The van der Waals surface area contributed by atoms with Gasteiger partial charge in [-0.2, -0.15) is 0 Å². The molecule has 2 unspecified atom stereocenters. The monoisotopic (exact) mass is 344 g/mol. The maximum atomic E-state index is 11.2. The summed E-state index contributed by atoms with van der Waals surface area (Å²) in [5, 5.41) is 0. The van der Waals surface area contributed by atoms with Gasteiger partial charge in [0.25, 0.3) is 0 Å². The molecule has 8 nitrogen and oxygen atoms in total. The van der Waals surface area contributed by atoms with Crippen molar-refractivity contribution < 1.29 is 38.0 Å². The van der Waals surface area contributed by atoms with Crippen LogP contribution in [0.2, 0.25) is 0 Å². The Morgan fingerprint density at radius 2 is 1.14 bits per heavy atom. The molecular formula is C11H22O8P2. The predicted octanol–water partition coefficient (Wildman–Crippen LogP) is 1.74. The van der Waals surface area contributed by atoms with E-state index in [4.69, 9.17) is 9.79 Å². The Hall–Kier alpha value is -0.680. The summed E-state index contributed by atoms with van der Waals surface area (Å²) < 4.78 is 31.0. The van der Waals surface area contributed by atoms with E-state index in [0.717, 1.165) is 13.3 Å². The molecule has 0 rings (SSSR count). The number of carbonyl (C=O) groups is 2. The van der Waals surface area contributed by atoms with Gasteiger partial charge in [-0.05, 0) is 12.8 Å². The van der Waals surface area contributed by atoms with Crippen LogP contribution in [0.1, 0.15) is 32.1 Å². The van der Waals surface area contributed by atoms with Crippen molar-refractivity contribution in [2.75, 3.05) is 26.0 Å². The molecule has 0 aromatic carbocycles. The molecule has 0 aliphatic heterocycles. The van der Waals surface area contributed by atoms with Crippen LogP contribution in [0.15, 0.2) is 0 Å². The van der Waals surface area contributed by atoms with Gasteiger partial charge in [-0.1, -0.05) is 6.42 Å². The van der Waals surface area contributed by atoms with E-state index in [2.05, 4.69) is 9.47 Å². The van der Waals surface area contributed by atoms with Crippen molar-refractivity contribution in [3.05, 3.63) is 0 Å². The van der Waals surface area contributed by atoms with E-state index in [0.29, 0.717) is 19.3 Å². The highest BCUT2D eigenvalue weighted by molar-refractivity contribution is 7.57. The van der Waals surface area contributed by atoms with E-state index in [-0.39, 0.29) is 12.8 Å². The first kappa shape index (κ1) is 20.3. The van der Waals surface area contributed by atoms with Gasteiger partial charge in [0.2, 0.25) is 14.7 Å². The second-order valence-electron chi connectivity index (χ2n) is 4.95. The molecule has 0 bridgehead atoms. The van der Waals surface area contributed by atoms with Gasteiger partial charge in [0, 0.05) is 26.2 Å². The second-order valence-corrected chi connectivity index (χ2v) is 9.67. The first-order valence-electron chi connectivity index (χ1n) is 6.39. The van der Waals surface area contributed by atoms with Crippen LogP contribution in [0.3, 0.4) is 0 Å². The van der Waals surface area contributed by atoms with Crippen LogP contribution in [-0.2, 0) is 28.2 Å². The fourth-order valence-electron chi connectivity index (χ4n) is 1.24. The molecule has 2 atom stereocenters. The van der Waals surface area contributed by atoms with E-state index in [1.165, 1.54) is 0 Å². The maximum absolute atomic E-state index is 11.2. The number of unbranched alkanes of at least 4 members (excludes halogenated alkanes) is 2. The Morgan fingerprint density at radius 1 is 0.810 bits per heavy atom. The molecule has 21 heavy (non-hydrogen) atoms. The molecule has 0 aliphatic carbocycles. The van der Waals surface area contributed by atoms with Crippen molar-refractivity contribution in [3.8, 4) is 0 Å². The van der Waals surface area contributed by atoms with Gasteiger partial charge in [0.15, 0.2) is 12.7 Å². The van der Waals surface area contributed by atoms with Crippen molar-refractivity contribution in [3.63, 3.8) is 0 Å². The Morgan fingerprint density at radius 3 is 1.43 bits per heavy atom. The lowest BCUT2D eigenvalue weighted by molar-refractivity contribution is -0.142. The number of esters is 2. The fourth-order valence-corrected chi connectivity index (χ4v) is 2.01. The van der Waals surface area contributed by atoms with Gasteiger partial charge in [0.05, 0.1) is 0 Å². The van der Waals surface area contributed by atoms with Crippen LogP contribution in [0.25, 0.3) is 0 Å². The molecule has 0 heterocycles. The molecule has 0 fully saturated rings. The smallest absolute Gasteiger partial charge is 0.306 e. The Labute approximate surface area is 123 Å². The SMILES string of the molecule is CP(=O)(O)COC(=O)CCCCCC(=O)OCP(C)(=O)O. The minimum absolute atomic E-state index is 0.107. The summed E-state index contributed by atoms with van der Waals surface area (Å²) in [6.45, 7) is 2.21. The van der Waals surface area contributed by atoms with Gasteiger partial charge in [-0.3, -0.25) is 18.7 Å². The summed E-state index contributed by atoms with van der Waals surface area (Å²) in [5.74, 6) is -1.11. The third kappa shape index (κ3) is 15.5. The Kier molecular flexibility index (Phi) is 9.06. The zero-order valence-electron chi connectivity index (χ0n) is 12.2. The van der Waals surface area contributed by atoms with E-state index < -0.39 is 39.4 Å². The minimum atomic E-state index is -3.35. The van der Waals surface area contributed by atoms with Crippen molar-refractivity contribution in [1.82, 2.24) is 0 Å². The fraction of sp³-hybridized carbons (Fsp3) is 0.818. The molecule has 0 spiro atoms. The molecule has 0 aromatic rings. The van der Waals surface area contributed by atoms with Gasteiger partial charge in [-0.25, -0.2) is 0 Å². The summed E-state index contributed by atoms with van der Waals surface area (Å²) in [5.41, 5.74) is 0. The quantitative estimate of drug-likeness (QED) is 0.348. The van der Waals surface area contributed by atoms with E-state index >= 15 is 0 Å². The maximum Gasteiger partial charge on any atom is 0.306 e. The van der Waals surface area contributed by atoms with Crippen LogP contribution >= 0.6 is 14.7 Å². The third-order valence-electron chi connectivity index (χ3n) is 2.19. The van der Waals surface area contributed by atoms with E-state index in [1.807, 2.05) is 0 Å². The van der Waals surface area contributed by atoms with Gasteiger partial charge >= 0.3 is 11.9 Å². The predicted molar refractivity (Wildman–Crippen MR) is 76.5 cm³/mol. The van der Waals surface area contributed by atoms with Crippen molar-refractivity contribution in [2.24, 2.45) is 0 Å². The molecule has 0 saturated carbocycles. The zero-order valence-corrected chi connectivity index (χ0v) is 14.0. The third-order valence-corrected chi connectivity index (χ3v) is 3.41. The average molecular weight is 344 g/mol. The summed E-state index contributed by atoms with van der Waals surface area (Å²) in [7, 11) is -6.69. The van der Waals surface area contributed by atoms with E-state index in [1.54, 1.807) is 0 Å². The largest absolute Gasteiger partial charge is 0.455 e. The summed E-state index contributed by atoms with van der Waals surface area (Å²) >= 11 is 0. The highest BCUT2D eigenvalue weighted by Crippen LogP contribution is 2.35. The lowest BCUT2D eigenvalue weighted by Crippen LogP contribution is -2.07. The highest BCUT2D eigenvalue weighted by Gasteiger charge is 2.14. The molecular weight excluding hydrogens is 322 g/mol. The van der Waals surface area contributed by atoms with Crippen LogP contribution in [-0.4, -0.2) is 47.8 Å². The van der Waals surface area contributed by atoms with Gasteiger partial charge < -0.3 is 19.3 Å². The summed E-state index contributed by atoms with van der Waals surface area (Å²) in [6, 6.07) is 0. The van der Waals surface area contributed by atoms with Crippen LogP contribution in [0.4, 0.5) is 0 Å². The first-order valence-corrected chi connectivity index (χ1v) is 11.0. The second kappa shape index (κ2) is 9.36. The van der Waals surface area contributed by atoms with Crippen LogP contribution < -0.4 is 0 Å². The normalized spacial score (nSPS) is 16.6. The van der Waals surface area contributed by atoms with Crippen molar-refractivity contribution in [2.45, 2.75) is 32.1 Å².